The molecule has 1 aliphatic carbocycles. The summed E-state index contributed by atoms with van der Waals surface area (Å²) in [6.07, 6.45) is 6.81. The van der Waals surface area contributed by atoms with Gasteiger partial charge in [-0.3, -0.25) is 0 Å². The van der Waals surface area contributed by atoms with E-state index in [0.717, 1.165) is 11.5 Å². The number of ether oxygens (including phenoxy) is 2. The van der Waals surface area contributed by atoms with Crippen LogP contribution in [0.25, 0.3) is 0 Å². The molecule has 1 aromatic rings. The van der Waals surface area contributed by atoms with Gasteiger partial charge < -0.3 is 9.47 Å². The predicted molar refractivity (Wildman–Crippen MR) is 97.7 cm³/mol. The molecular weight excluding hydrogens is 284 g/mol. The van der Waals surface area contributed by atoms with E-state index in [1.165, 1.54) is 16.7 Å². The van der Waals surface area contributed by atoms with Crippen molar-refractivity contribution in [2.24, 2.45) is 5.92 Å². The minimum absolute atomic E-state index is 0.0119. The van der Waals surface area contributed by atoms with Crippen LogP contribution >= 0.6 is 0 Å². The lowest BCUT2D eigenvalue weighted by Gasteiger charge is -2.34. The average molecular weight is 314 g/mol. The average Bonchev–Trinajstić information content (AvgIpc) is 2.92. The Hall–Kier alpha value is -1.70. The normalized spacial score (nSPS) is 18.1. The van der Waals surface area contributed by atoms with Crippen molar-refractivity contribution in [1.29, 1.82) is 0 Å². The lowest BCUT2D eigenvalue weighted by atomic mass is 9.71. The highest BCUT2D eigenvalue weighted by molar-refractivity contribution is 5.54. The zero-order chi connectivity index (χ0) is 17.4. The molecular formula is C21H30O2. The first-order valence-electron chi connectivity index (χ1n) is 8.25. The largest absolute Gasteiger partial charge is 0.497 e. The van der Waals surface area contributed by atoms with Crippen molar-refractivity contribution >= 4 is 0 Å². The number of allylic oxidation sites excluding steroid dienone is 4. The van der Waals surface area contributed by atoms with Crippen LogP contribution in [-0.2, 0) is 10.8 Å². The van der Waals surface area contributed by atoms with Crippen molar-refractivity contribution in [1.82, 2.24) is 0 Å². The van der Waals surface area contributed by atoms with Gasteiger partial charge in [0.2, 0.25) is 0 Å². The number of hydrogen-bond acceptors (Lipinski definition) is 2. The molecule has 1 atom stereocenters. The van der Waals surface area contributed by atoms with E-state index in [9.17, 15) is 0 Å². The Labute approximate surface area is 141 Å². The maximum Gasteiger partial charge on any atom is 0.126 e. The number of hydrogen-bond donors (Lipinski definition) is 0. The summed E-state index contributed by atoms with van der Waals surface area (Å²) >= 11 is 0. The first-order chi connectivity index (χ1) is 10.6. The molecule has 23 heavy (non-hydrogen) atoms. The molecule has 1 aliphatic rings. The topological polar surface area (TPSA) is 18.5 Å². The van der Waals surface area contributed by atoms with Crippen molar-refractivity contribution in [3.63, 3.8) is 0 Å². The second kappa shape index (κ2) is 6.07. The van der Waals surface area contributed by atoms with Crippen LogP contribution in [0.1, 0.15) is 52.7 Å². The summed E-state index contributed by atoms with van der Waals surface area (Å²) in [5.41, 5.74) is 3.62. The van der Waals surface area contributed by atoms with Gasteiger partial charge in [-0.2, -0.15) is 0 Å². The molecule has 0 radical (unpaired) electrons. The van der Waals surface area contributed by atoms with Crippen molar-refractivity contribution < 1.29 is 9.47 Å². The molecule has 0 saturated carbocycles. The SMILES string of the molecule is COc1cc(C(C)(C)C)c(OC)c(C(C)(C)C2C=CC(C)=C2)c1. The molecule has 0 amide bonds. The molecule has 0 fully saturated rings. The Morgan fingerprint density at radius 1 is 0.913 bits per heavy atom. The van der Waals surface area contributed by atoms with E-state index in [-0.39, 0.29) is 10.8 Å². The van der Waals surface area contributed by atoms with Gasteiger partial charge in [0, 0.05) is 22.5 Å². The first-order valence-corrected chi connectivity index (χ1v) is 8.25. The van der Waals surface area contributed by atoms with Gasteiger partial charge in [-0.05, 0) is 24.5 Å². The fourth-order valence-corrected chi connectivity index (χ4v) is 3.25. The van der Waals surface area contributed by atoms with Crippen LogP contribution in [0.5, 0.6) is 11.5 Å². The van der Waals surface area contributed by atoms with Crippen LogP contribution in [0.4, 0.5) is 0 Å². The Morgan fingerprint density at radius 3 is 1.96 bits per heavy atom. The minimum atomic E-state index is -0.0753. The summed E-state index contributed by atoms with van der Waals surface area (Å²) in [6.45, 7) is 13.3. The van der Waals surface area contributed by atoms with Gasteiger partial charge in [0.25, 0.3) is 0 Å². The highest BCUT2D eigenvalue weighted by atomic mass is 16.5. The summed E-state index contributed by atoms with van der Waals surface area (Å²) in [6, 6.07) is 4.23. The molecule has 0 aliphatic heterocycles. The van der Waals surface area contributed by atoms with E-state index in [4.69, 9.17) is 9.47 Å². The third kappa shape index (κ3) is 3.31. The van der Waals surface area contributed by atoms with Crippen molar-refractivity contribution in [3.05, 3.63) is 47.1 Å². The van der Waals surface area contributed by atoms with Crippen LogP contribution in [0.3, 0.4) is 0 Å². The Kier molecular flexibility index (Phi) is 4.66. The standard InChI is InChI=1S/C21H30O2/c1-14-9-10-15(11-14)21(5,6)18-13-16(22-7)12-17(19(18)23-8)20(2,3)4/h9-13,15H,1-8H3. The number of benzene rings is 1. The molecule has 1 aromatic carbocycles. The third-order valence-corrected chi connectivity index (χ3v) is 4.85. The van der Waals surface area contributed by atoms with Gasteiger partial charge in [0.15, 0.2) is 0 Å². The minimum Gasteiger partial charge on any atom is -0.497 e. The van der Waals surface area contributed by atoms with Crippen molar-refractivity contribution in [2.75, 3.05) is 14.2 Å². The van der Waals surface area contributed by atoms with Crippen LogP contribution < -0.4 is 9.47 Å². The van der Waals surface area contributed by atoms with Crippen LogP contribution in [0.15, 0.2) is 35.9 Å². The molecule has 2 heteroatoms. The van der Waals surface area contributed by atoms with Gasteiger partial charge in [-0.25, -0.2) is 0 Å². The van der Waals surface area contributed by atoms with Gasteiger partial charge in [0.05, 0.1) is 14.2 Å². The Morgan fingerprint density at radius 2 is 1.52 bits per heavy atom. The van der Waals surface area contributed by atoms with E-state index < -0.39 is 0 Å². The van der Waals surface area contributed by atoms with Crippen LogP contribution in [-0.4, -0.2) is 14.2 Å². The smallest absolute Gasteiger partial charge is 0.126 e. The van der Waals surface area contributed by atoms with E-state index in [0.29, 0.717) is 5.92 Å². The van der Waals surface area contributed by atoms with Gasteiger partial charge in [0.1, 0.15) is 11.5 Å². The van der Waals surface area contributed by atoms with E-state index in [1.807, 2.05) is 0 Å². The third-order valence-electron chi connectivity index (χ3n) is 4.85. The van der Waals surface area contributed by atoms with Gasteiger partial charge in [-0.1, -0.05) is 58.4 Å². The zero-order valence-corrected chi connectivity index (χ0v) is 15.8. The van der Waals surface area contributed by atoms with Crippen LogP contribution in [0.2, 0.25) is 0 Å². The zero-order valence-electron chi connectivity index (χ0n) is 15.8. The number of rotatable bonds is 4. The van der Waals surface area contributed by atoms with E-state index in [2.05, 4.69) is 71.9 Å². The Bertz CT molecular complexity index is 643. The Balaban J connectivity index is 2.68. The lowest BCUT2D eigenvalue weighted by Crippen LogP contribution is -2.27. The fourth-order valence-electron chi connectivity index (χ4n) is 3.25. The quantitative estimate of drug-likeness (QED) is 0.739. The second-order valence-electron chi connectivity index (χ2n) is 8.02. The van der Waals surface area contributed by atoms with Crippen LogP contribution in [0, 0.1) is 5.92 Å². The predicted octanol–water partition coefficient (Wildman–Crippen LogP) is 5.41. The fraction of sp³-hybridized carbons (Fsp3) is 0.524. The van der Waals surface area contributed by atoms with E-state index >= 15 is 0 Å². The van der Waals surface area contributed by atoms with Crippen molar-refractivity contribution in [2.45, 2.75) is 52.4 Å². The molecule has 0 aromatic heterocycles. The number of methoxy groups -OCH3 is 2. The van der Waals surface area contributed by atoms with Gasteiger partial charge in [-0.15, -0.1) is 0 Å². The summed E-state index contributed by atoms with van der Waals surface area (Å²) in [5, 5.41) is 0. The molecule has 2 rings (SSSR count). The molecule has 2 nitrogen and oxygen atoms in total. The summed E-state index contributed by atoms with van der Waals surface area (Å²) in [7, 11) is 3.49. The summed E-state index contributed by atoms with van der Waals surface area (Å²) in [4.78, 5) is 0. The molecule has 126 valence electrons. The second-order valence-corrected chi connectivity index (χ2v) is 8.02. The molecule has 0 N–H and O–H groups in total. The first kappa shape index (κ1) is 17.7. The highest BCUT2D eigenvalue weighted by Gasteiger charge is 2.35. The van der Waals surface area contributed by atoms with Crippen molar-refractivity contribution in [3.8, 4) is 11.5 Å². The highest BCUT2D eigenvalue weighted by Crippen LogP contribution is 2.46. The molecule has 0 spiro atoms. The maximum absolute atomic E-state index is 5.87. The molecule has 0 saturated heterocycles. The maximum atomic E-state index is 5.87. The summed E-state index contributed by atoms with van der Waals surface area (Å²) < 4.78 is 11.5. The van der Waals surface area contributed by atoms with Gasteiger partial charge >= 0.3 is 0 Å². The van der Waals surface area contributed by atoms with E-state index in [1.54, 1.807) is 14.2 Å². The molecule has 0 bridgehead atoms. The monoisotopic (exact) mass is 314 g/mol. The summed E-state index contributed by atoms with van der Waals surface area (Å²) in [5.74, 6) is 2.23. The molecule has 0 heterocycles. The lowest BCUT2D eigenvalue weighted by molar-refractivity contribution is 0.356. The molecule has 1 unspecified atom stereocenters.